The van der Waals surface area contributed by atoms with Gasteiger partial charge in [0.15, 0.2) is 0 Å². The SMILES string of the molecule is COCc1cccc(NCC2CCCCN2)c1. The summed E-state index contributed by atoms with van der Waals surface area (Å²) in [5, 5.41) is 7.04. The van der Waals surface area contributed by atoms with E-state index in [0.29, 0.717) is 12.6 Å². The molecule has 1 aromatic rings. The summed E-state index contributed by atoms with van der Waals surface area (Å²) < 4.78 is 5.14. The second-order valence-corrected chi connectivity index (χ2v) is 4.66. The molecule has 0 amide bonds. The number of hydrogen-bond donors (Lipinski definition) is 2. The lowest BCUT2D eigenvalue weighted by molar-refractivity contribution is 0.185. The topological polar surface area (TPSA) is 33.3 Å². The van der Waals surface area contributed by atoms with Gasteiger partial charge < -0.3 is 15.4 Å². The van der Waals surface area contributed by atoms with Gasteiger partial charge in [-0.2, -0.15) is 0 Å². The second-order valence-electron chi connectivity index (χ2n) is 4.66. The molecule has 0 saturated carbocycles. The predicted octanol–water partition coefficient (Wildman–Crippen LogP) is 2.39. The van der Waals surface area contributed by atoms with Crippen molar-refractivity contribution in [3.8, 4) is 0 Å². The van der Waals surface area contributed by atoms with E-state index in [-0.39, 0.29) is 0 Å². The number of ether oxygens (including phenoxy) is 1. The average Bonchev–Trinajstić information content (AvgIpc) is 2.39. The molecule has 3 nitrogen and oxygen atoms in total. The number of benzene rings is 1. The molecular weight excluding hydrogens is 212 g/mol. The van der Waals surface area contributed by atoms with Gasteiger partial charge in [0.05, 0.1) is 6.61 Å². The highest BCUT2D eigenvalue weighted by atomic mass is 16.5. The zero-order valence-corrected chi connectivity index (χ0v) is 10.5. The van der Waals surface area contributed by atoms with E-state index in [9.17, 15) is 0 Å². The summed E-state index contributed by atoms with van der Waals surface area (Å²) in [6.45, 7) is 2.85. The average molecular weight is 234 g/mol. The Morgan fingerprint density at radius 1 is 1.41 bits per heavy atom. The summed E-state index contributed by atoms with van der Waals surface area (Å²) in [5.74, 6) is 0. The van der Waals surface area contributed by atoms with Crippen LogP contribution in [0.15, 0.2) is 24.3 Å². The van der Waals surface area contributed by atoms with E-state index in [1.165, 1.54) is 30.5 Å². The molecule has 1 unspecified atom stereocenters. The van der Waals surface area contributed by atoms with Gasteiger partial charge in [-0.1, -0.05) is 18.6 Å². The molecule has 1 fully saturated rings. The molecule has 0 aliphatic carbocycles. The standard InChI is InChI=1S/C14H22N2O/c1-17-11-12-5-4-7-13(9-12)16-10-14-6-2-3-8-15-14/h4-5,7,9,14-16H,2-3,6,8,10-11H2,1H3. The lowest BCUT2D eigenvalue weighted by Gasteiger charge is -2.24. The van der Waals surface area contributed by atoms with E-state index in [2.05, 4.69) is 34.9 Å². The van der Waals surface area contributed by atoms with Gasteiger partial charge in [0.1, 0.15) is 0 Å². The van der Waals surface area contributed by atoms with E-state index < -0.39 is 0 Å². The molecule has 0 radical (unpaired) electrons. The van der Waals surface area contributed by atoms with Crippen LogP contribution in [0.1, 0.15) is 24.8 Å². The Morgan fingerprint density at radius 3 is 3.12 bits per heavy atom. The van der Waals surface area contributed by atoms with Crippen molar-refractivity contribution >= 4 is 5.69 Å². The first-order valence-corrected chi connectivity index (χ1v) is 6.43. The quantitative estimate of drug-likeness (QED) is 0.820. The number of methoxy groups -OCH3 is 1. The van der Waals surface area contributed by atoms with Crippen LogP contribution in [-0.2, 0) is 11.3 Å². The normalized spacial score (nSPS) is 20.2. The van der Waals surface area contributed by atoms with Crippen LogP contribution in [0.2, 0.25) is 0 Å². The van der Waals surface area contributed by atoms with Crippen molar-refractivity contribution < 1.29 is 4.74 Å². The third-order valence-electron chi connectivity index (χ3n) is 3.20. The van der Waals surface area contributed by atoms with Gasteiger partial charge in [-0.25, -0.2) is 0 Å². The Hall–Kier alpha value is -1.06. The van der Waals surface area contributed by atoms with E-state index in [1.807, 2.05) is 0 Å². The molecule has 1 atom stereocenters. The maximum absolute atomic E-state index is 5.14. The first-order chi connectivity index (χ1) is 8.38. The van der Waals surface area contributed by atoms with Gasteiger partial charge in [0.25, 0.3) is 0 Å². The van der Waals surface area contributed by atoms with Crippen molar-refractivity contribution in [3.63, 3.8) is 0 Å². The Balaban J connectivity index is 1.83. The van der Waals surface area contributed by atoms with Crippen molar-refractivity contribution in [1.82, 2.24) is 5.32 Å². The first-order valence-electron chi connectivity index (χ1n) is 6.43. The van der Waals surface area contributed by atoms with Gasteiger partial charge in [0, 0.05) is 25.4 Å². The molecule has 2 rings (SSSR count). The molecule has 1 saturated heterocycles. The van der Waals surface area contributed by atoms with Gasteiger partial charge in [-0.05, 0) is 37.1 Å². The first kappa shape index (κ1) is 12.4. The van der Waals surface area contributed by atoms with Gasteiger partial charge in [0.2, 0.25) is 0 Å². The summed E-state index contributed by atoms with van der Waals surface area (Å²) >= 11 is 0. The Bertz CT molecular complexity index is 335. The predicted molar refractivity (Wildman–Crippen MR) is 71.3 cm³/mol. The van der Waals surface area contributed by atoms with E-state index in [4.69, 9.17) is 4.74 Å². The number of hydrogen-bond acceptors (Lipinski definition) is 3. The molecule has 1 aliphatic rings. The zero-order valence-electron chi connectivity index (χ0n) is 10.5. The maximum atomic E-state index is 5.14. The second kappa shape index (κ2) is 6.62. The smallest absolute Gasteiger partial charge is 0.0713 e. The van der Waals surface area contributed by atoms with Gasteiger partial charge >= 0.3 is 0 Å². The summed E-state index contributed by atoms with van der Waals surface area (Å²) in [4.78, 5) is 0. The molecule has 1 aromatic carbocycles. The highest BCUT2D eigenvalue weighted by molar-refractivity contribution is 5.45. The summed E-state index contributed by atoms with van der Waals surface area (Å²) in [6, 6.07) is 9.06. The third kappa shape index (κ3) is 4.02. The minimum atomic E-state index is 0.620. The van der Waals surface area contributed by atoms with Crippen molar-refractivity contribution in [2.75, 3.05) is 25.5 Å². The van der Waals surface area contributed by atoms with E-state index in [1.54, 1.807) is 7.11 Å². The molecule has 94 valence electrons. The Morgan fingerprint density at radius 2 is 2.35 bits per heavy atom. The fourth-order valence-electron chi connectivity index (χ4n) is 2.28. The van der Waals surface area contributed by atoms with Crippen LogP contribution in [0.4, 0.5) is 5.69 Å². The Labute approximate surface area is 104 Å². The minimum absolute atomic E-state index is 0.620. The number of piperidine rings is 1. The molecule has 1 heterocycles. The number of rotatable bonds is 5. The van der Waals surface area contributed by atoms with Gasteiger partial charge in [-0.15, -0.1) is 0 Å². The van der Waals surface area contributed by atoms with Crippen LogP contribution in [-0.4, -0.2) is 26.2 Å². The maximum Gasteiger partial charge on any atom is 0.0713 e. The van der Waals surface area contributed by atoms with Gasteiger partial charge in [-0.3, -0.25) is 0 Å². The number of nitrogens with one attached hydrogen (secondary N) is 2. The summed E-state index contributed by atoms with van der Waals surface area (Å²) in [5.41, 5.74) is 2.40. The Kier molecular flexibility index (Phi) is 4.83. The third-order valence-corrected chi connectivity index (χ3v) is 3.20. The molecule has 17 heavy (non-hydrogen) atoms. The lowest BCUT2D eigenvalue weighted by atomic mass is 10.1. The highest BCUT2D eigenvalue weighted by Gasteiger charge is 2.11. The molecule has 3 heteroatoms. The van der Waals surface area contributed by atoms with E-state index >= 15 is 0 Å². The largest absolute Gasteiger partial charge is 0.383 e. The highest BCUT2D eigenvalue weighted by Crippen LogP contribution is 2.13. The molecule has 1 aliphatic heterocycles. The molecule has 0 spiro atoms. The number of anilines is 1. The summed E-state index contributed by atoms with van der Waals surface area (Å²) in [7, 11) is 1.73. The summed E-state index contributed by atoms with van der Waals surface area (Å²) in [6.07, 6.45) is 3.95. The van der Waals surface area contributed by atoms with Crippen LogP contribution < -0.4 is 10.6 Å². The molecule has 0 bridgehead atoms. The van der Waals surface area contributed by atoms with Crippen LogP contribution >= 0.6 is 0 Å². The van der Waals surface area contributed by atoms with Crippen molar-refractivity contribution in [2.45, 2.75) is 31.9 Å². The van der Waals surface area contributed by atoms with Crippen molar-refractivity contribution in [2.24, 2.45) is 0 Å². The van der Waals surface area contributed by atoms with E-state index in [0.717, 1.165) is 13.1 Å². The van der Waals surface area contributed by atoms with Crippen LogP contribution in [0, 0.1) is 0 Å². The van der Waals surface area contributed by atoms with Crippen molar-refractivity contribution in [1.29, 1.82) is 0 Å². The molecule has 2 N–H and O–H groups in total. The van der Waals surface area contributed by atoms with Crippen LogP contribution in [0.25, 0.3) is 0 Å². The molecular formula is C14H22N2O. The van der Waals surface area contributed by atoms with Crippen LogP contribution in [0.3, 0.4) is 0 Å². The molecule has 0 aromatic heterocycles. The van der Waals surface area contributed by atoms with Crippen molar-refractivity contribution in [3.05, 3.63) is 29.8 Å². The zero-order chi connectivity index (χ0) is 11.9. The fourth-order valence-corrected chi connectivity index (χ4v) is 2.28. The minimum Gasteiger partial charge on any atom is -0.383 e. The fraction of sp³-hybridized carbons (Fsp3) is 0.571. The van der Waals surface area contributed by atoms with Crippen LogP contribution in [0.5, 0.6) is 0 Å². The monoisotopic (exact) mass is 234 g/mol. The lowest BCUT2D eigenvalue weighted by Crippen LogP contribution is -2.39.